The molecule has 15 heavy (non-hydrogen) atoms. The van der Waals surface area contributed by atoms with Gasteiger partial charge in [-0.1, -0.05) is 42.0 Å². The van der Waals surface area contributed by atoms with Crippen molar-refractivity contribution in [1.29, 1.82) is 0 Å². The van der Waals surface area contributed by atoms with E-state index in [9.17, 15) is 0 Å². The lowest BCUT2D eigenvalue weighted by molar-refractivity contribution is 1.28. The minimum absolute atomic E-state index is 1.08. The lowest BCUT2D eigenvalue weighted by atomic mass is 10.2. The van der Waals surface area contributed by atoms with Crippen molar-refractivity contribution < 1.29 is 0 Å². The SMILES string of the molecule is CC1=CC=c2c(sc3ccccc23)=CC1. The van der Waals surface area contributed by atoms with Crippen LogP contribution in [-0.4, -0.2) is 0 Å². The average Bonchev–Trinajstić information content (AvgIpc) is 2.51. The van der Waals surface area contributed by atoms with E-state index in [1.165, 1.54) is 25.4 Å². The Kier molecular flexibility index (Phi) is 2.00. The number of allylic oxidation sites excluding steroid dienone is 2. The van der Waals surface area contributed by atoms with Gasteiger partial charge < -0.3 is 0 Å². The molecule has 1 heterocycles. The Morgan fingerprint density at radius 1 is 1.13 bits per heavy atom. The molecule has 0 atom stereocenters. The Bertz CT molecular complexity index is 656. The first-order valence-electron chi connectivity index (χ1n) is 5.20. The van der Waals surface area contributed by atoms with Gasteiger partial charge in [0.15, 0.2) is 0 Å². The molecule has 0 amide bonds. The highest BCUT2D eigenvalue weighted by Crippen LogP contribution is 2.14. The van der Waals surface area contributed by atoms with Crippen LogP contribution in [0.3, 0.4) is 0 Å². The van der Waals surface area contributed by atoms with Crippen LogP contribution < -0.4 is 9.75 Å². The molecule has 0 radical (unpaired) electrons. The molecule has 0 saturated carbocycles. The molecule has 0 N–H and O–H groups in total. The van der Waals surface area contributed by atoms with E-state index in [0.29, 0.717) is 0 Å². The van der Waals surface area contributed by atoms with E-state index >= 15 is 0 Å². The van der Waals surface area contributed by atoms with Crippen molar-refractivity contribution in [3.63, 3.8) is 0 Å². The summed E-state index contributed by atoms with van der Waals surface area (Å²) in [6.45, 7) is 2.19. The monoisotopic (exact) mass is 212 g/mol. The van der Waals surface area contributed by atoms with Crippen LogP contribution in [0.25, 0.3) is 22.2 Å². The van der Waals surface area contributed by atoms with Gasteiger partial charge in [0.05, 0.1) is 0 Å². The van der Waals surface area contributed by atoms with E-state index in [-0.39, 0.29) is 0 Å². The zero-order valence-electron chi connectivity index (χ0n) is 8.66. The molecular formula is C14H12S. The summed E-state index contributed by atoms with van der Waals surface area (Å²) in [7, 11) is 0. The van der Waals surface area contributed by atoms with Gasteiger partial charge in [-0.15, -0.1) is 11.3 Å². The Hall–Kier alpha value is -1.34. The summed E-state index contributed by atoms with van der Waals surface area (Å²) in [6, 6.07) is 8.64. The van der Waals surface area contributed by atoms with Crippen LogP contribution in [0.15, 0.2) is 35.9 Å². The number of hydrogen-bond acceptors (Lipinski definition) is 1. The Morgan fingerprint density at radius 3 is 2.93 bits per heavy atom. The summed E-state index contributed by atoms with van der Waals surface area (Å²) in [5.41, 5.74) is 1.43. The number of hydrogen-bond donors (Lipinski definition) is 0. The number of thiophene rings is 1. The molecule has 0 bridgehead atoms. The van der Waals surface area contributed by atoms with Gasteiger partial charge in [-0.25, -0.2) is 0 Å². The zero-order chi connectivity index (χ0) is 10.3. The topological polar surface area (TPSA) is 0 Å². The molecule has 0 aliphatic heterocycles. The van der Waals surface area contributed by atoms with E-state index in [4.69, 9.17) is 0 Å². The normalized spacial score (nSPS) is 14.9. The minimum Gasteiger partial charge on any atom is -0.136 e. The van der Waals surface area contributed by atoms with Gasteiger partial charge in [0, 0.05) is 14.6 Å². The number of rotatable bonds is 0. The predicted molar refractivity (Wildman–Crippen MR) is 68.4 cm³/mol. The van der Waals surface area contributed by atoms with Crippen LogP contribution >= 0.6 is 11.3 Å². The van der Waals surface area contributed by atoms with E-state index in [1.54, 1.807) is 0 Å². The maximum Gasteiger partial charge on any atom is 0.0355 e. The Labute approximate surface area is 92.9 Å². The van der Waals surface area contributed by atoms with Crippen molar-refractivity contribution in [2.24, 2.45) is 0 Å². The molecule has 0 nitrogen and oxygen atoms in total. The summed E-state index contributed by atoms with van der Waals surface area (Å²) < 4.78 is 2.81. The van der Waals surface area contributed by atoms with E-state index in [1.807, 2.05) is 11.3 Å². The van der Waals surface area contributed by atoms with Crippen LogP contribution in [-0.2, 0) is 0 Å². The number of fused-ring (bicyclic) bond motifs is 3. The second-order valence-electron chi connectivity index (χ2n) is 3.96. The van der Waals surface area contributed by atoms with Gasteiger partial charge in [0.1, 0.15) is 0 Å². The van der Waals surface area contributed by atoms with Crippen LogP contribution in [0, 0.1) is 0 Å². The molecule has 0 fully saturated rings. The molecule has 1 heteroatoms. The third-order valence-electron chi connectivity index (χ3n) is 2.81. The largest absolute Gasteiger partial charge is 0.136 e. The highest BCUT2D eigenvalue weighted by molar-refractivity contribution is 7.17. The first-order chi connectivity index (χ1) is 7.34. The van der Waals surface area contributed by atoms with Crippen molar-refractivity contribution in [1.82, 2.24) is 0 Å². The highest BCUT2D eigenvalue weighted by Gasteiger charge is 2.01. The van der Waals surface area contributed by atoms with Gasteiger partial charge in [0.2, 0.25) is 0 Å². The van der Waals surface area contributed by atoms with Crippen molar-refractivity contribution >= 4 is 33.6 Å². The summed E-state index contributed by atoms with van der Waals surface area (Å²) in [5, 5.41) is 2.78. The highest BCUT2D eigenvalue weighted by atomic mass is 32.1. The molecule has 1 aromatic heterocycles. The van der Waals surface area contributed by atoms with Gasteiger partial charge in [0.25, 0.3) is 0 Å². The molecule has 1 aliphatic rings. The summed E-state index contributed by atoms with van der Waals surface area (Å²) in [4.78, 5) is 0. The van der Waals surface area contributed by atoms with Crippen molar-refractivity contribution in [3.05, 3.63) is 45.7 Å². The minimum atomic E-state index is 1.08. The van der Waals surface area contributed by atoms with Crippen molar-refractivity contribution in [2.75, 3.05) is 0 Å². The zero-order valence-corrected chi connectivity index (χ0v) is 9.47. The van der Waals surface area contributed by atoms with E-state index in [2.05, 4.69) is 49.4 Å². The fourth-order valence-corrected chi connectivity index (χ4v) is 3.08. The predicted octanol–water partition coefficient (Wildman–Crippen LogP) is 2.81. The van der Waals surface area contributed by atoms with Gasteiger partial charge in [-0.3, -0.25) is 0 Å². The summed E-state index contributed by atoms with van der Waals surface area (Å²) >= 11 is 1.89. The molecule has 1 aromatic carbocycles. The third kappa shape index (κ3) is 1.44. The molecule has 1 aliphatic carbocycles. The summed E-state index contributed by atoms with van der Waals surface area (Å²) in [6.07, 6.45) is 7.92. The van der Waals surface area contributed by atoms with Gasteiger partial charge >= 0.3 is 0 Å². The summed E-state index contributed by atoms with van der Waals surface area (Å²) in [5.74, 6) is 0. The van der Waals surface area contributed by atoms with E-state index < -0.39 is 0 Å². The van der Waals surface area contributed by atoms with Crippen LogP contribution in [0.5, 0.6) is 0 Å². The first kappa shape index (κ1) is 8.93. The van der Waals surface area contributed by atoms with Crippen molar-refractivity contribution in [3.8, 4) is 0 Å². The van der Waals surface area contributed by atoms with Crippen LogP contribution in [0.1, 0.15) is 13.3 Å². The maximum absolute atomic E-state index is 2.34. The molecule has 0 saturated heterocycles. The Balaban J connectivity index is 2.50. The quantitative estimate of drug-likeness (QED) is 0.630. The lowest BCUT2D eigenvalue weighted by Crippen LogP contribution is -2.17. The number of benzene rings is 1. The lowest BCUT2D eigenvalue weighted by Gasteiger charge is -1.88. The van der Waals surface area contributed by atoms with Crippen LogP contribution in [0.4, 0.5) is 0 Å². The molecule has 74 valence electrons. The second kappa shape index (κ2) is 3.35. The van der Waals surface area contributed by atoms with Crippen molar-refractivity contribution in [2.45, 2.75) is 13.3 Å². The fraction of sp³-hybridized carbons (Fsp3) is 0.143. The van der Waals surface area contributed by atoms with E-state index in [0.717, 1.165) is 6.42 Å². The molecule has 0 spiro atoms. The second-order valence-corrected chi connectivity index (χ2v) is 5.05. The fourth-order valence-electron chi connectivity index (χ4n) is 1.96. The Morgan fingerprint density at radius 2 is 2.00 bits per heavy atom. The van der Waals surface area contributed by atoms with Gasteiger partial charge in [-0.2, -0.15) is 0 Å². The van der Waals surface area contributed by atoms with Crippen LogP contribution in [0.2, 0.25) is 0 Å². The first-order valence-corrected chi connectivity index (χ1v) is 6.01. The molecule has 2 aromatic rings. The standard InChI is InChI=1S/C14H12S/c1-10-6-8-12-11-4-2-3-5-13(11)15-14(12)9-7-10/h2-6,8-9H,7H2,1H3. The smallest absolute Gasteiger partial charge is 0.0355 e. The third-order valence-corrected chi connectivity index (χ3v) is 3.99. The average molecular weight is 212 g/mol. The molecule has 3 rings (SSSR count). The maximum atomic E-state index is 2.34. The molecule has 0 unspecified atom stereocenters. The van der Waals surface area contributed by atoms with Gasteiger partial charge in [-0.05, 0) is 24.6 Å². The molecular weight excluding hydrogens is 200 g/mol.